The van der Waals surface area contributed by atoms with Gasteiger partial charge in [-0.1, -0.05) is 30.3 Å². The van der Waals surface area contributed by atoms with E-state index in [4.69, 9.17) is 0 Å². The van der Waals surface area contributed by atoms with Gasteiger partial charge in [0.05, 0.1) is 5.92 Å². The van der Waals surface area contributed by atoms with Crippen LogP contribution >= 0.6 is 0 Å². The van der Waals surface area contributed by atoms with Gasteiger partial charge < -0.3 is 10.0 Å². The van der Waals surface area contributed by atoms with E-state index >= 15 is 0 Å². The van der Waals surface area contributed by atoms with E-state index in [9.17, 15) is 14.7 Å². The lowest BCUT2D eigenvalue weighted by molar-refractivity contribution is -0.155. The van der Waals surface area contributed by atoms with Crippen molar-refractivity contribution in [2.75, 3.05) is 6.54 Å². The number of carbonyl (C=O) groups is 2. The zero-order valence-corrected chi connectivity index (χ0v) is 11.3. The molecule has 1 aliphatic rings. The van der Waals surface area contributed by atoms with Crippen LogP contribution in [0.25, 0.3) is 0 Å². The zero-order chi connectivity index (χ0) is 14.0. The lowest BCUT2D eigenvalue weighted by Gasteiger charge is -2.33. The second kappa shape index (κ2) is 5.03. The molecule has 1 aliphatic heterocycles. The molecule has 0 aliphatic carbocycles. The van der Waals surface area contributed by atoms with Crippen molar-refractivity contribution in [2.45, 2.75) is 38.1 Å². The van der Waals surface area contributed by atoms with E-state index in [1.807, 2.05) is 37.3 Å². The second-order valence-electron chi connectivity index (χ2n) is 5.30. The van der Waals surface area contributed by atoms with Gasteiger partial charge in [-0.05, 0) is 32.3 Å². The van der Waals surface area contributed by atoms with Crippen molar-refractivity contribution in [2.24, 2.45) is 0 Å². The minimum atomic E-state index is -1.06. The topological polar surface area (TPSA) is 57.6 Å². The van der Waals surface area contributed by atoms with Gasteiger partial charge >= 0.3 is 5.97 Å². The molecule has 19 heavy (non-hydrogen) atoms. The SMILES string of the molecule is C[C@@H](C(=O)N1CCCC1(C)C(=O)O)c1ccccc1. The summed E-state index contributed by atoms with van der Waals surface area (Å²) in [5.41, 5.74) is -0.132. The lowest BCUT2D eigenvalue weighted by atomic mass is 9.95. The molecule has 4 nitrogen and oxygen atoms in total. The number of rotatable bonds is 3. The number of hydrogen-bond acceptors (Lipinski definition) is 2. The van der Waals surface area contributed by atoms with Crippen molar-refractivity contribution in [3.05, 3.63) is 35.9 Å². The Balaban J connectivity index is 2.22. The third-order valence-electron chi connectivity index (χ3n) is 4.04. The molecular formula is C15H19NO3. The molecule has 0 aromatic heterocycles. The average molecular weight is 261 g/mol. The van der Waals surface area contributed by atoms with Crippen LogP contribution in [0, 0.1) is 0 Å². The molecule has 1 heterocycles. The van der Waals surface area contributed by atoms with Crippen molar-refractivity contribution >= 4 is 11.9 Å². The summed E-state index contributed by atoms with van der Waals surface area (Å²) in [6, 6.07) is 9.48. The highest BCUT2D eigenvalue weighted by atomic mass is 16.4. The number of carboxylic acids is 1. The number of amides is 1. The van der Waals surface area contributed by atoms with Crippen LogP contribution in [0.2, 0.25) is 0 Å². The average Bonchev–Trinajstić information content (AvgIpc) is 2.81. The minimum Gasteiger partial charge on any atom is -0.480 e. The van der Waals surface area contributed by atoms with Crippen molar-refractivity contribution < 1.29 is 14.7 Å². The van der Waals surface area contributed by atoms with E-state index in [2.05, 4.69) is 0 Å². The Kier molecular flexibility index (Phi) is 3.60. The van der Waals surface area contributed by atoms with Crippen LogP contribution in [0.1, 0.15) is 38.2 Å². The van der Waals surface area contributed by atoms with E-state index < -0.39 is 11.5 Å². The van der Waals surface area contributed by atoms with Crippen LogP contribution in [-0.2, 0) is 9.59 Å². The molecular weight excluding hydrogens is 242 g/mol. The smallest absolute Gasteiger partial charge is 0.329 e. The fourth-order valence-corrected chi connectivity index (χ4v) is 2.66. The first-order chi connectivity index (χ1) is 8.97. The summed E-state index contributed by atoms with van der Waals surface area (Å²) >= 11 is 0. The normalized spacial score (nSPS) is 24.2. The molecule has 1 amide bonds. The van der Waals surface area contributed by atoms with E-state index in [1.165, 1.54) is 4.90 Å². The van der Waals surface area contributed by atoms with Crippen LogP contribution in [0.5, 0.6) is 0 Å². The number of carboxylic acid groups (broad SMARTS) is 1. The molecule has 1 fully saturated rings. The molecule has 2 atom stereocenters. The Bertz CT molecular complexity index is 485. The summed E-state index contributed by atoms with van der Waals surface area (Å²) in [4.78, 5) is 25.5. The Morgan fingerprint density at radius 1 is 1.32 bits per heavy atom. The van der Waals surface area contributed by atoms with E-state index in [0.717, 1.165) is 12.0 Å². The van der Waals surface area contributed by atoms with Gasteiger partial charge in [0.2, 0.25) is 5.91 Å². The molecule has 102 valence electrons. The van der Waals surface area contributed by atoms with Gasteiger partial charge in [0.15, 0.2) is 0 Å². The van der Waals surface area contributed by atoms with E-state index in [0.29, 0.717) is 13.0 Å². The van der Waals surface area contributed by atoms with Crippen LogP contribution < -0.4 is 0 Å². The fraction of sp³-hybridized carbons (Fsp3) is 0.467. The molecule has 4 heteroatoms. The molecule has 1 unspecified atom stereocenters. The molecule has 1 aromatic rings. The summed E-state index contributed by atoms with van der Waals surface area (Å²) in [6.07, 6.45) is 1.27. The monoisotopic (exact) mass is 261 g/mol. The van der Waals surface area contributed by atoms with Gasteiger partial charge in [0, 0.05) is 6.54 Å². The molecule has 1 N–H and O–H groups in total. The first-order valence-electron chi connectivity index (χ1n) is 6.56. The Morgan fingerprint density at radius 2 is 1.95 bits per heavy atom. The Morgan fingerprint density at radius 3 is 2.53 bits per heavy atom. The highest BCUT2D eigenvalue weighted by Crippen LogP contribution is 2.32. The van der Waals surface area contributed by atoms with Crippen molar-refractivity contribution in [1.82, 2.24) is 4.90 Å². The van der Waals surface area contributed by atoms with Crippen molar-refractivity contribution in [3.8, 4) is 0 Å². The maximum atomic E-state index is 12.5. The highest BCUT2D eigenvalue weighted by Gasteiger charge is 2.46. The van der Waals surface area contributed by atoms with Gasteiger partial charge in [-0.2, -0.15) is 0 Å². The summed E-state index contributed by atoms with van der Waals surface area (Å²) in [6.45, 7) is 4.00. The van der Waals surface area contributed by atoms with Crippen LogP contribution in [-0.4, -0.2) is 34.0 Å². The minimum absolute atomic E-state index is 0.103. The third-order valence-corrected chi connectivity index (χ3v) is 4.04. The van der Waals surface area contributed by atoms with Crippen molar-refractivity contribution in [1.29, 1.82) is 0 Å². The van der Waals surface area contributed by atoms with Gasteiger partial charge in [-0.3, -0.25) is 4.79 Å². The van der Waals surface area contributed by atoms with Crippen LogP contribution in [0.15, 0.2) is 30.3 Å². The lowest BCUT2D eigenvalue weighted by Crippen LogP contribution is -2.51. The number of nitrogens with zero attached hydrogens (tertiary/aromatic N) is 1. The Labute approximate surface area is 113 Å². The number of hydrogen-bond donors (Lipinski definition) is 1. The molecule has 0 saturated carbocycles. The predicted molar refractivity (Wildman–Crippen MR) is 71.8 cm³/mol. The van der Waals surface area contributed by atoms with E-state index in [-0.39, 0.29) is 11.8 Å². The molecule has 1 aromatic carbocycles. The predicted octanol–water partition coefficient (Wildman–Crippen LogP) is 2.26. The van der Waals surface area contributed by atoms with Gasteiger partial charge in [-0.15, -0.1) is 0 Å². The number of benzene rings is 1. The zero-order valence-electron chi connectivity index (χ0n) is 11.3. The maximum Gasteiger partial charge on any atom is 0.329 e. The summed E-state index contributed by atoms with van der Waals surface area (Å²) in [7, 11) is 0. The molecule has 1 saturated heterocycles. The standard InChI is InChI=1S/C15H19NO3/c1-11(12-7-4-3-5-8-12)13(17)16-10-6-9-15(16,2)14(18)19/h3-5,7-8,11H,6,9-10H2,1-2H3,(H,18,19)/t11-,15?/m1/s1. The molecule has 2 rings (SSSR count). The quantitative estimate of drug-likeness (QED) is 0.908. The number of likely N-dealkylation sites (tertiary alicyclic amines) is 1. The summed E-state index contributed by atoms with van der Waals surface area (Å²) in [5.74, 6) is -1.33. The highest BCUT2D eigenvalue weighted by molar-refractivity contribution is 5.90. The molecule has 0 spiro atoms. The van der Waals surface area contributed by atoms with Crippen LogP contribution in [0.3, 0.4) is 0 Å². The number of aliphatic carboxylic acids is 1. The fourth-order valence-electron chi connectivity index (χ4n) is 2.66. The molecule has 0 radical (unpaired) electrons. The largest absolute Gasteiger partial charge is 0.480 e. The Hall–Kier alpha value is -1.84. The first kappa shape index (κ1) is 13.6. The van der Waals surface area contributed by atoms with Gasteiger partial charge in [0.25, 0.3) is 0 Å². The van der Waals surface area contributed by atoms with E-state index in [1.54, 1.807) is 6.92 Å². The number of carbonyl (C=O) groups excluding carboxylic acids is 1. The maximum absolute atomic E-state index is 12.5. The van der Waals surface area contributed by atoms with Crippen molar-refractivity contribution in [3.63, 3.8) is 0 Å². The van der Waals surface area contributed by atoms with Crippen LogP contribution in [0.4, 0.5) is 0 Å². The first-order valence-corrected chi connectivity index (χ1v) is 6.56. The van der Waals surface area contributed by atoms with Gasteiger partial charge in [-0.25, -0.2) is 4.79 Å². The third kappa shape index (κ3) is 2.35. The second-order valence-corrected chi connectivity index (χ2v) is 5.30. The summed E-state index contributed by atoms with van der Waals surface area (Å²) < 4.78 is 0. The van der Waals surface area contributed by atoms with Gasteiger partial charge in [0.1, 0.15) is 5.54 Å². The summed E-state index contributed by atoms with van der Waals surface area (Å²) in [5, 5.41) is 9.35. The molecule has 0 bridgehead atoms.